The molecule has 3 aliphatic heterocycles. The first-order chi connectivity index (χ1) is 19.5. The van der Waals surface area contributed by atoms with Gasteiger partial charge in [-0.2, -0.15) is 0 Å². The summed E-state index contributed by atoms with van der Waals surface area (Å²) in [6.45, 7) is 9.27. The highest BCUT2D eigenvalue weighted by Gasteiger charge is 2.40. The Balaban J connectivity index is 1.12. The van der Waals surface area contributed by atoms with Gasteiger partial charge in [-0.3, -0.25) is 4.90 Å². The van der Waals surface area contributed by atoms with Crippen LogP contribution >= 0.6 is 0 Å². The van der Waals surface area contributed by atoms with Crippen LogP contribution in [0.4, 0.5) is 17.3 Å². The van der Waals surface area contributed by atoms with E-state index in [2.05, 4.69) is 48.6 Å². The zero-order valence-corrected chi connectivity index (χ0v) is 23.0. The molecule has 6 rings (SSSR count). The van der Waals surface area contributed by atoms with Crippen LogP contribution in [0.1, 0.15) is 32.0 Å². The van der Waals surface area contributed by atoms with Crippen molar-refractivity contribution in [2.24, 2.45) is 5.41 Å². The predicted octanol–water partition coefficient (Wildman–Crippen LogP) is 2.79. The molecule has 5 heterocycles. The van der Waals surface area contributed by atoms with Gasteiger partial charge in [-0.15, -0.1) is 10.2 Å². The predicted molar refractivity (Wildman–Crippen MR) is 155 cm³/mol. The maximum Gasteiger partial charge on any atom is 0.206 e. The summed E-state index contributed by atoms with van der Waals surface area (Å²) in [6, 6.07) is 11.3. The minimum Gasteiger partial charge on any atom is -0.507 e. The Morgan fingerprint density at radius 3 is 2.67 bits per heavy atom. The van der Waals surface area contributed by atoms with E-state index in [0.717, 1.165) is 70.4 Å². The summed E-state index contributed by atoms with van der Waals surface area (Å²) in [4.78, 5) is 16.2. The molecule has 0 saturated carbocycles. The van der Waals surface area contributed by atoms with E-state index < -0.39 is 0 Å². The number of benzene rings is 1. The summed E-state index contributed by atoms with van der Waals surface area (Å²) in [6.07, 6.45) is 5.11. The Kier molecular flexibility index (Phi) is 7.41. The third-order valence-corrected chi connectivity index (χ3v) is 8.45. The van der Waals surface area contributed by atoms with Crippen molar-refractivity contribution in [2.75, 3.05) is 68.0 Å². The highest BCUT2D eigenvalue weighted by Crippen LogP contribution is 2.38. The molecule has 0 bridgehead atoms. The normalized spacial score (nSPS) is 20.9. The van der Waals surface area contributed by atoms with Crippen molar-refractivity contribution in [2.45, 2.75) is 32.2 Å². The topological polar surface area (TPSA) is 117 Å². The number of para-hydroxylation sites is 1. The van der Waals surface area contributed by atoms with Crippen LogP contribution in [-0.4, -0.2) is 88.7 Å². The number of ether oxygens (including phenoxy) is 1. The molecule has 40 heavy (non-hydrogen) atoms. The highest BCUT2D eigenvalue weighted by molar-refractivity contribution is 5.74. The third-order valence-electron chi connectivity index (χ3n) is 8.45. The molecule has 0 radical (unpaired) electrons. The van der Waals surface area contributed by atoms with Crippen LogP contribution < -0.4 is 15.5 Å². The minimum absolute atomic E-state index is 0.166. The summed E-state index contributed by atoms with van der Waals surface area (Å²) in [5.74, 6) is 8.47. The van der Waals surface area contributed by atoms with Gasteiger partial charge in [0.2, 0.25) is 5.82 Å². The number of phenols is 1. The van der Waals surface area contributed by atoms with Gasteiger partial charge in [-0.05, 0) is 69.5 Å². The van der Waals surface area contributed by atoms with Crippen LogP contribution in [0, 0.1) is 17.3 Å². The first-order valence-corrected chi connectivity index (χ1v) is 14.0. The van der Waals surface area contributed by atoms with Gasteiger partial charge in [0.15, 0.2) is 5.82 Å². The van der Waals surface area contributed by atoms with Gasteiger partial charge in [-0.25, -0.2) is 9.97 Å². The molecule has 0 aliphatic carbocycles. The monoisotopic (exact) mass is 540 g/mol. The lowest BCUT2D eigenvalue weighted by Crippen LogP contribution is -2.50. The molecule has 208 valence electrons. The van der Waals surface area contributed by atoms with Crippen molar-refractivity contribution in [3.05, 3.63) is 48.4 Å². The number of nitrogens with zero attached hydrogens (tertiary/aromatic N) is 7. The number of hydrogen-bond donors (Lipinski definition) is 2. The maximum atomic E-state index is 10.3. The van der Waals surface area contributed by atoms with Crippen LogP contribution in [0.5, 0.6) is 5.75 Å². The number of aromatic hydroxyl groups is 1. The Labute approximate surface area is 235 Å². The Morgan fingerprint density at radius 1 is 1.07 bits per heavy atom. The van der Waals surface area contributed by atoms with Crippen molar-refractivity contribution in [3.63, 3.8) is 0 Å². The number of hydrogen-bond acceptors (Lipinski definition) is 10. The van der Waals surface area contributed by atoms with E-state index in [1.807, 2.05) is 24.3 Å². The van der Waals surface area contributed by atoms with E-state index in [-0.39, 0.29) is 11.8 Å². The summed E-state index contributed by atoms with van der Waals surface area (Å²) >= 11 is 0. The van der Waals surface area contributed by atoms with Crippen molar-refractivity contribution in [3.8, 4) is 28.8 Å². The molecule has 3 aliphatic rings. The van der Waals surface area contributed by atoms with Crippen LogP contribution in [0.2, 0.25) is 0 Å². The molecule has 1 atom stereocenters. The molecule has 3 fully saturated rings. The average molecular weight is 541 g/mol. The average Bonchev–Trinajstić information content (AvgIpc) is 3.15. The molecule has 3 N–H and O–H groups in total. The van der Waals surface area contributed by atoms with Gasteiger partial charge in [-0.1, -0.05) is 18.1 Å². The SMILES string of the molecule is CC1CCN(c2cc(-c3ccccc3O)nnc2N)CCN1c1ccnc(C#CCN2CCC3(CC2)COC3)n1. The number of anilines is 3. The fourth-order valence-electron chi connectivity index (χ4n) is 5.77. The van der Waals surface area contributed by atoms with Crippen molar-refractivity contribution >= 4 is 17.3 Å². The molecule has 1 unspecified atom stereocenters. The maximum absolute atomic E-state index is 10.3. The van der Waals surface area contributed by atoms with Gasteiger partial charge in [0.05, 0.1) is 31.1 Å². The van der Waals surface area contributed by atoms with Gasteiger partial charge < -0.3 is 25.4 Å². The highest BCUT2D eigenvalue weighted by atomic mass is 16.5. The van der Waals surface area contributed by atoms with Gasteiger partial charge in [0.1, 0.15) is 11.6 Å². The zero-order valence-electron chi connectivity index (χ0n) is 23.0. The molecule has 0 amide bonds. The lowest BCUT2D eigenvalue weighted by molar-refractivity contribution is -0.138. The van der Waals surface area contributed by atoms with Crippen molar-refractivity contribution in [1.29, 1.82) is 0 Å². The van der Waals surface area contributed by atoms with E-state index in [0.29, 0.717) is 28.3 Å². The third kappa shape index (κ3) is 5.53. The van der Waals surface area contributed by atoms with E-state index >= 15 is 0 Å². The van der Waals surface area contributed by atoms with Crippen LogP contribution in [0.25, 0.3) is 11.3 Å². The van der Waals surface area contributed by atoms with Crippen LogP contribution in [0.3, 0.4) is 0 Å². The standard InChI is InChI=1S/C30H36N8O2/c1-22-9-14-37(25-19-24(34-35-29(25)31)23-5-2-3-6-26(23)39)17-18-38(22)28-8-12-32-27(33-28)7-4-13-36-15-10-30(11-16-36)20-40-21-30/h2-3,5-6,8,12,19,22,39H,9-11,13-18,20-21H2,1H3,(H2,31,35). The fourth-order valence-corrected chi connectivity index (χ4v) is 5.77. The molecule has 10 heteroatoms. The lowest BCUT2D eigenvalue weighted by atomic mass is 9.77. The summed E-state index contributed by atoms with van der Waals surface area (Å²) in [5.41, 5.74) is 8.76. The number of nitrogens with two attached hydrogens (primary N) is 1. The number of likely N-dealkylation sites (tertiary alicyclic amines) is 1. The first-order valence-electron chi connectivity index (χ1n) is 14.0. The largest absolute Gasteiger partial charge is 0.507 e. The molecule has 2 aromatic heterocycles. The first kappa shape index (κ1) is 26.3. The summed E-state index contributed by atoms with van der Waals surface area (Å²) in [7, 11) is 0. The smallest absolute Gasteiger partial charge is 0.206 e. The molecule has 1 spiro atoms. The second kappa shape index (κ2) is 11.3. The zero-order chi connectivity index (χ0) is 27.5. The second-order valence-corrected chi connectivity index (χ2v) is 11.1. The molecule has 10 nitrogen and oxygen atoms in total. The van der Waals surface area contributed by atoms with E-state index in [4.69, 9.17) is 15.5 Å². The molecular formula is C30H36N8O2. The summed E-state index contributed by atoms with van der Waals surface area (Å²) in [5, 5.41) is 18.7. The van der Waals surface area contributed by atoms with E-state index in [1.165, 1.54) is 12.8 Å². The number of piperidine rings is 1. The van der Waals surface area contributed by atoms with Crippen molar-refractivity contribution in [1.82, 2.24) is 25.1 Å². The van der Waals surface area contributed by atoms with E-state index in [9.17, 15) is 5.11 Å². The second-order valence-electron chi connectivity index (χ2n) is 11.1. The molecular weight excluding hydrogens is 504 g/mol. The number of nitrogen functional groups attached to an aromatic ring is 1. The van der Waals surface area contributed by atoms with Gasteiger partial charge in [0.25, 0.3) is 0 Å². The van der Waals surface area contributed by atoms with Crippen molar-refractivity contribution < 1.29 is 9.84 Å². The number of aromatic nitrogens is 4. The quantitative estimate of drug-likeness (QED) is 0.479. The Morgan fingerprint density at radius 2 is 1.90 bits per heavy atom. The Bertz CT molecular complexity index is 1410. The van der Waals surface area contributed by atoms with Crippen LogP contribution in [0.15, 0.2) is 42.6 Å². The summed E-state index contributed by atoms with van der Waals surface area (Å²) < 4.78 is 5.44. The molecule has 1 aromatic carbocycles. The van der Waals surface area contributed by atoms with Crippen LogP contribution in [-0.2, 0) is 4.74 Å². The minimum atomic E-state index is 0.166. The number of phenolic OH excluding ortho intramolecular Hbond substituents is 1. The van der Waals surface area contributed by atoms with E-state index in [1.54, 1.807) is 18.3 Å². The van der Waals surface area contributed by atoms with Gasteiger partial charge in [0, 0.05) is 42.9 Å². The molecule has 3 aromatic rings. The molecule has 3 saturated heterocycles. The fraction of sp³-hybridized carbons (Fsp3) is 0.467. The number of rotatable bonds is 4. The Hall–Kier alpha value is -3.94. The lowest BCUT2D eigenvalue weighted by Gasteiger charge is -2.47. The van der Waals surface area contributed by atoms with Gasteiger partial charge >= 0.3 is 0 Å².